The van der Waals surface area contributed by atoms with Crippen LogP contribution in [0.25, 0.3) is 0 Å². The Morgan fingerprint density at radius 1 is 1.00 bits per heavy atom. The second-order valence-electron chi connectivity index (χ2n) is 6.09. The minimum atomic E-state index is 0.680. The molecular formula is C18H20N6O. The number of piperazine rings is 1. The molecule has 0 saturated carbocycles. The number of anilines is 1. The zero-order valence-electron chi connectivity index (χ0n) is 14.0. The van der Waals surface area contributed by atoms with Crippen molar-refractivity contribution in [2.24, 2.45) is 0 Å². The van der Waals surface area contributed by atoms with Gasteiger partial charge in [0.2, 0.25) is 5.89 Å². The van der Waals surface area contributed by atoms with Gasteiger partial charge in [0.15, 0.2) is 5.82 Å². The molecule has 0 N–H and O–H groups in total. The first-order valence-electron chi connectivity index (χ1n) is 8.45. The van der Waals surface area contributed by atoms with Crippen molar-refractivity contribution in [3.63, 3.8) is 0 Å². The van der Waals surface area contributed by atoms with Gasteiger partial charge in [-0.15, -0.1) is 0 Å². The summed E-state index contributed by atoms with van der Waals surface area (Å²) in [5.74, 6) is 2.35. The van der Waals surface area contributed by atoms with E-state index in [9.17, 15) is 0 Å². The fraction of sp³-hybridized carbons (Fsp3) is 0.333. The number of benzene rings is 1. The lowest BCUT2D eigenvalue weighted by Gasteiger charge is -2.34. The van der Waals surface area contributed by atoms with E-state index < -0.39 is 0 Å². The molecule has 0 amide bonds. The fourth-order valence-electron chi connectivity index (χ4n) is 2.99. The Bertz CT molecular complexity index is 784. The van der Waals surface area contributed by atoms with Crippen molar-refractivity contribution in [3.8, 4) is 0 Å². The Kier molecular flexibility index (Phi) is 4.65. The third-order valence-electron chi connectivity index (χ3n) is 4.32. The van der Waals surface area contributed by atoms with Gasteiger partial charge < -0.3 is 9.42 Å². The molecular weight excluding hydrogens is 316 g/mol. The summed E-state index contributed by atoms with van der Waals surface area (Å²) in [4.78, 5) is 17.6. The molecule has 0 atom stereocenters. The molecule has 7 nitrogen and oxygen atoms in total. The number of nitrogens with zero attached hydrogens (tertiary/aromatic N) is 6. The van der Waals surface area contributed by atoms with E-state index >= 15 is 0 Å². The van der Waals surface area contributed by atoms with E-state index in [1.54, 1.807) is 12.4 Å². The molecule has 0 radical (unpaired) electrons. The van der Waals surface area contributed by atoms with Crippen molar-refractivity contribution in [3.05, 3.63) is 66.2 Å². The first kappa shape index (κ1) is 15.7. The van der Waals surface area contributed by atoms with Crippen LogP contribution in [0.2, 0.25) is 0 Å². The van der Waals surface area contributed by atoms with E-state index in [1.165, 1.54) is 5.56 Å². The third-order valence-corrected chi connectivity index (χ3v) is 4.32. The molecule has 1 aromatic carbocycles. The highest BCUT2D eigenvalue weighted by Crippen LogP contribution is 2.13. The first-order chi connectivity index (χ1) is 12.4. The highest BCUT2D eigenvalue weighted by molar-refractivity contribution is 5.35. The number of rotatable bonds is 5. The minimum Gasteiger partial charge on any atom is -0.353 e. The van der Waals surface area contributed by atoms with Gasteiger partial charge in [0.05, 0.1) is 12.7 Å². The molecule has 128 valence electrons. The largest absolute Gasteiger partial charge is 0.353 e. The quantitative estimate of drug-likeness (QED) is 0.703. The van der Waals surface area contributed by atoms with E-state index in [-0.39, 0.29) is 0 Å². The van der Waals surface area contributed by atoms with Gasteiger partial charge in [-0.1, -0.05) is 35.5 Å². The Balaban J connectivity index is 1.30. The molecule has 1 aliphatic rings. The van der Waals surface area contributed by atoms with Crippen LogP contribution in [0.15, 0.2) is 53.4 Å². The van der Waals surface area contributed by atoms with Crippen LogP contribution in [0.5, 0.6) is 0 Å². The maximum atomic E-state index is 5.41. The number of aromatic nitrogens is 4. The lowest BCUT2D eigenvalue weighted by atomic mass is 10.1. The highest BCUT2D eigenvalue weighted by atomic mass is 16.5. The van der Waals surface area contributed by atoms with Crippen molar-refractivity contribution in [1.82, 2.24) is 25.0 Å². The SMILES string of the molecule is c1ccc(Cc2noc(CN3CCN(c4cnccn4)CC3)n2)cc1. The van der Waals surface area contributed by atoms with E-state index in [2.05, 4.69) is 42.0 Å². The van der Waals surface area contributed by atoms with Gasteiger partial charge in [0.1, 0.15) is 5.82 Å². The Hall–Kier alpha value is -2.80. The van der Waals surface area contributed by atoms with Crippen LogP contribution in [0.1, 0.15) is 17.3 Å². The summed E-state index contributed by atoms with van der Waals surface area (Å²) in [5.41, 5.74) is 1.19. The van der Waals surface area contributed by atoms with Gasteiger partial charge >= 0.3 is 0 Å². The topological polar surface area (TPSA) is 71.2 Å². The standard InChI is InChI=1S/C18H20N6O/c1-2-4-15(5-3-1)12-16-21-18(25-22-16)14-23-8-10-24(11-9-23)17-13-19-6-7-20-17/h1-7,13H,8-12,14H2. The van der Waals surface area contributed by atoms with E-state index in [0.29, 0.717) is 18.9 Å². The first-order valence-corrected chi connectivity index (χ1v) is 8.45. The van der Waals surface area contributed by atoms with Gasteiger partial charge in [-0.05, 0) is 5.56 Å². The van der Waals surface area contributed by atoms with E-state index in [0.717, 1.165) is 37.8 Å². The van der Waals surface area contributed by atoms with Crippen molar-refractivity contribution in [1.29, 1.82) is 0 Å². The second kappa shape index (κ2) is 7.40. The average Bonchev–Trinajstić information content (AvgIpc) is 3.11. The molecule has 0 spiro atoms. The third kappa shape index (κ3) is 4.00. The monoisotopic (exact) mass is 336 g/mol. The molecule has 1 aliphatic heterocycles. The summed E-state index contributed by atoms with van der Waals surface area (Å²) in [6.45, 7) is 4.41. The van der Waals surface area contributed by atoms with Gasteiger partial charge in [-0.2, -0.15) is 4.98 Å². The van der Waals surface area contributed by atoms with Crippen LogP contribution in [-0.2, 0) is 13.0 Å². The van der Waals surface area contributed by atoms with Crippen molar-refractivity contribution in [2.75, 3.05) is 31.1 Å². The van der Waals surface area contributed by atoms with Gasteiger partial charge in [-0.25, -0.2) is 4.98 Å². The normalized spacial score (nSPS) is 15.4. The van der Waals surface area contributed by atoms with Crippen molar-refractivity contribution in [2.45, 2.75) is 13.0 Å². The van der Waals surface area contributed by atoms with Crippen LogP contribution in [-0.4, -0.2) is 51.2 Å². The molecule has 25 heavy (non-hydrogen) atoms. The Morgan fingerprint density at radius 3 is 2.60 bits per heavy atom. The van der Waals surface area contributed by atoms with Crippen LogP contribution in [0.4, 0.5) is 5.82 Å². The maximum Gasteiger partial charge on any atom is 0.240 e. The Morgan fingerprint density at radius 2 is 1.84 bits per heavy atom. The molecule has 1 fully saturated rings. The summed E-state index contributed by atoms with van der Waals surface area (Å²) in [6.07, 6.45) is 5.94. The molecule has 0 unspecified atom stereocenters. The molecule has 1 saturated heterocycles. The summed E-state index contributed by atoms with van der Waals surface area (Å²) in [5, 5.41) is 4.10. The van der Waals surface area contributed by atoms with Gasteiger partial charge in [0, 0.05) is 45.0 Å². The lowest BCUT2D eigenvalue weighted by Crippen LogP contribution is -2.46. The lowest BCUT2D eigenvalue weighted by molar-refractivity contribution is 0.215. The zero-order valence-corrected chi connectivity index (χ0v) is 14.0. The minimum absolute atomic E-state index is 0.680. The molecule has 0 aliphatic carbocycles. The second-order valence-corrected chi connectivity index (χ2v) is 6.09. The van der Waals surface area contributed by atoms with Crippen LogP contribution < -0.4 is 4.90 Å². The molecule has 4 rings (SSSR count). The van der Waals surface area contributed by atoms with Crippen LogP contribution in [0, 0.1) is 0 Å². The van der Waals surface area contributed by atoms with Crippen LogP contribution >= 0.6 is 0 Å². The summed E-state index contributed by atoms with van der Waals surface area (Å²) < 4.78 is 5.41. The molecule has 0 bridgehead atoms. The van der Waals surface area contributed by atoms with Gasteiger partial charge in [-0.3, -0.25) is 9.88 Å². The summed E-state index contributed by atoms with van der Waals surface area (Å²) in [7, 11) is 0. The maximum absolute atomic E-state index is 5.41. The van der Waals surface area contributed by atoms with Crippen LogP contribution in [0.3, 0.4) is 0 Å². The van der Waals surface area contributed by atoms with Crippen molar-refractivity contribution < 1.29 is 4.52 Å². The predicted molar refractivity (Wildman–Crippen MR) is 93.1 cm³/mol. The summed E-state index contributed by atoms with van der Waals surface area (Å²) in [6, 6.07) is 10.2. The smallest absolute Gasteiger partial charge is 0.240 e. The van der Waals surface area contributed by atoms with Gasteiger partial charge in [0.25, 0.3) is 0 Å². The highest BCUT2D eigenvalue weighted by Gasteiger charge is 2.20. The molecule has 3 aromatic rings. The fourth-order valence-corrected chi connectivity index (χ4v) is 2.99. The molecule has 2 aromatic heterocycles. The molecule has 7 heteroatoms. The van der Waals surface area contributed by atoms with Crippen molar-refractivity contribution >= 4 is 5.82 Å². The average molecular weight is 336 g/mol. The predicted octanol–water partition coefficient (Wildman–Crippen LogP) is 1.77. The number of hydrogen-bond acceptors (Lipinski definition) is 7. The van der Waals surface area contributed by atoms with E-state index in [4.69, 9.17) is 4.52 Å². The number of hydrogen-bond donors (Lipinski definition) is 0. The summed E-state index contributed by atoms with van der Waals surface area (Å²) >= 11 is 0. The Labute approximate surface area is 146 Å². The zero-order chi connectivity index (χ0) is 16.9. The van der Waals surface area contributed by atoms with E-state index in [1.807, 2.05) is 24.4 Å². The molecule has 3 heterocycles.